The quantitative estimate of drug-likeness (QED) is 0.820. The number of nitrogens with two attached hydrogens (primary N) is 1. The predicted molar refractivity (Wildman–Crippen MR) is 73.8 cm³/mol. The highest BCUT2D eigenvalue weighted by atomic mass is 16.5. The third kappa shape index (κ3) is 1.99. The van der Waals surface area contributed by atoms with E-state index in [1.54, 1.807) is 0 Å². The van der Waals surface area contributed by atoms with E-state index in [0.717, 1.165) is 42.4 Å². The highest BCUT2D eigenvalue weighted by Crippen LogP contribution is 2.32. The summed E-state index contributed by atoms with van der Waals surface area (Å²) in [5.74, 6) is 0.957. The minimum absolute atomic E-state index is 0.726. The van der Waals surface area contributed by atoms with Gasteiger partial charge in [-0.1, -0.05) is 30.3 Å². The summed E-state index contributed by atoms with van der Waals surface area (Å²) in [7, 11) is 0. The highest BCUT2D eigenvalue weighted by Gasteiger charge is 2.17. The van der Waals surface area contributed by atoms with Crippen molar-refractivity contribution in [3.05, 3.63) is 54.1 Å². The normalized spacial score (nSPS) is 13.9. The number of para-hydroxylation sites is 3. The number of fused-ring (bicyclic) bond motifs is 1. The van der Waals surface area contributed by atoms with Crippen molar-refractivity contribution in [1.82, 2.24) is 0 Å². The second-order valence-corrected chi connectivity index (χ2v) is 4.44. The van der Waals surface area contributed by atoms with Crippen molar-refractivity contribution in [2.75, 3.05) is 23.8 Å². The van der Waals surface area contributed by atoms with Crippen LogP contribution in [0, 0.1) is 0 Å². The average Bonchev–Trinajstić information content (AvgIpc) is 2.42. The van der Waals surface area contributed by atoms with Gasteiger partial charge in [0.05, 0.1) is 12.2 Å². The molecule has 1 aliphatic rings. The van der Waals surface area contributed by atoms with Crippen molar-refractivity contribution in [3.8, 4) is 5.75 Å². The molecule has 0 amide bonds. The first-order valence-corrected chi connectivity index (χ1v) is 6.15. The zero-order valence-electron chi connectivity index (χ0n) is 10.2. The van der Waals surface area contributed by atoms with Crippen LogP contribution in [0.15, 0.2) is 48.5 Å². The molecular weight excluding hydrogens is 224 g/mol. The molecule has 0 spiro atoms. The molecule has 0 fully saturated rings. The number of nitrogen functional groups attached to an aromatic ring is 1. The van der Waals surface area contributed by atoms with Gasteiger partial charge in [0.25, 0.3) is 0 Å². The van der Waals surface area contributed by atoms with Crippen LogP contribution < -0.4 is 15.4 Å². The number of nitrogens with zero attached hydrogens (tertiary/aromatic N) is 1. The first-order chi connectivity index (χ1) is 8.84. The number of benzene rings is 2. The third-order valence-electron chi connectivity index (χ3n) is 3.24. The summed E-state index contributed by atoms with van der Waals surface area (Å²) in [6, 6.07) is 16.1. The molecular formula is C15H16N2O. The minimum atomic E-state index is 0.726. The average molecular weight is 240 g/mol. The lowest BCUT2D eigenvalue weighted by molar-refractivity contribution is 0.307. The Morgan fingerprint density at radius 3 is 2.72 bits per heavy atom. The molecule has 0 unspecified atom stereocenters. The zero-order valence-corrected chi connectivity index (χ0v) is 10.2. The second kappa shape index (κ2) is 4.61. The van der Waals surface area contributed by atoms with Gasteiger partial charge in [-0.05, 0) is 23.8 Å². The van der Waals surface area contributed by atoms with Gasteiger partial charge in [-0.25, -0.2) is 0 Å². The van der Waals surface area contributed by atoms with Gasteiger partial charge >= 0.3 is 0 Å². The van der Waals surface area contributed by atoms with E-state index in [9.17, 15) is 0 Å². The molecule has 2 N–H and O–H groups in total. The van der Waals surface area contributed by atoms with Gasteiger partial charge in [0.2, 0.25) is 0 Å². The molecule has 0 atom stereocenters. The molecule has 0 saturated heterocycles. The molecule has 92 valence electrons. The van der Waals surface area contributed by atoms with E-state index in [1.807, 2.05) is 36.4 Å². The number of hydrogen-bond donors (Lipinski definition) is 1. The van der Waals surface area contributed by atoms with Gasteiger partial charge in [-0.2, -0.15) is 0 Å². The molecule has 1 heterocycles. The Balaban J connectivity index is 1.89. The van der Waals surface area contributed by atoms with Gasteiger partial charge < -0.3 is 15.4 Å². The van der Waals surface area contributed by atoms with Crippen molar-refractivity contribution in [2.45, 2.75) is 6.54 Å². The summed E-state index contributed by atoms with van der Waals surface area (Å²) >= 11 is 0. The maximum Gasteiger partial charge on any atom is 0.142 e. The number of anilines is 2. The van der Waals surface area contributed by atoms with Crippen molar-refractivity contribution >= 4 is 11.4 Å². The van der Waals surface area contributed by atoms with E-state index in [2.05, 4.69) is 17.0 Å². The minimum Gasteiger partial charge on any atom is -0.490 e. The van der Waals surface area contributed by atoms with Crippen LogP contribution in [-0.2, 0) is 6.54 Å². The molecule has 3 nitrogen and oxygen atoms in total. The van der Waals surface area contributed by atoms with Crippen LogP contribution in [0.25, 0.3) is 0 Å². The first-order valence-electron chi connectivity index (χ1n) is 6.15. The van der Waals surface area contributed by atoms with Crippen molar-refractivity contribution in [3.63, 3.8) is 0 Å². The van der Waals surface area contributed by atoms with Crippen LogP contribution in [-0.4, -0.2) is 13.2 Å². The molecule has 2 aromatic rings. The predicted octanol–water partition coefficient (Wildman–Crippen LogP) is 2.67. The lowest BCUT2D eigenvalue weighted by Crippen LogP contribution is -2.32. The number of rotatable bonds is 2. The lowest BCUT2D eigenvalue weighted by atomic mass is 10.1. The summed E-state index contributed by atoms with van der Waals surface area (Å²) in [6.45, 7) is 2.45. The van der Waals surface area contributed by atoms with E-state index in [-0.39, 0.29) is 0 Å². The molecule has 0 aromatic heterocycles. The van der Waals surface area contributed by atoms with Crippen LogP contribution in [0.4, 0.5) is 11.4 Å². The Morgan fingerprint density at radius 2 is 1.83 bits per heavy atom. The summed E-state index contributed by atoms with van der Waals surface area (Å²) in [5.41, 5.74) is 9.16. The third-order valence-corrected chi connectivity index (χ3v) is 3.24. The summed E-state index contributed by atoms with van der Waals surface area (Å²) in [6.07, 6.45) is 0. The Morgan fingerprint density at radius 1 is 1.06 bits per heavy atom. The molecule has 3 rings (SSSR count). The van der Waals surface area contributed by atoms with Crippen molar-refractivity contribution < 1.29 is 4.74 Å². The van der Waals surface area contributed by atoms with E-state index in [1.165, 1.54) is 0 Å². The summed E-state index contributed by atoms with van der Waals surface area (Å²) in [4.78, 5) is 2.31. The van der Waals surface area contributed by atoms with Crippen molar-refractivity contribution in [1.29, 1.82) is 0 Å². The Kier molecular flexibility index (Phi) is 2.81. The Labute approximate surface area is 107 Å². The molecule has 0 radical (unpaired) electrons. The number of hydrogen-bond acceptors (Lipinski definition) is 3. The molecule has 0 saturated carbocycles. The van der Waals surface area contributed by atoms with Crippen LogP contribution in [0.2, 0.25) is 0 Å². The maximum atomic E-state index is 6.00. The fourth-order valence-corrected chi connectivity index (χ4v) is 2.27. The fourth-order valence-electron chi connectivity index (χ4n) is 2.27. The smallest absolute Gasteiger partial charge is 0.142 e. The van der Waals surface area contributed by atoms with Gasteiger partial charge in [0, 0.05) is 12.2 Å². The highest BCUT2D eigenvalue weighted by molar-refractivity contribution is 5.61. The van der Waals surface area contributed by atoms with Crippen molar-refractivity contribution in [2.24, 2.45) is 0 Å². The van der Waals surface area contributed by atoms with Crippen LogP contribution >= 0.6 is 0 Å². The van der Waals surface area contributed by atoms with Crippen LogP contribution in [0.1, 0.15) is 5.56 Å². The standard InChI is InChI=1S/C15H16N2O/c16-13-6-2-1-5-12(13)11-17-9-10-18-15-8-4-3-7-14(15)17/h1-8H,9-11,16H2. The van der Waals surface area contributed by atoms with E-state index >= 15 is 0 Å². The maximum absolute atomic E-state index is 6.00. The van der Waals surface area contributed by atoms with Gasteiger partial charge in [0.15, 0.2) is 0 Å². The molecule has 1 aliphatic heterocycles. The molecule has 0 aliphatic carbocycles. The first kappa shape index (κ1) is 11.0. The van der Waals surface area contributed by atoms with E-state index < -0.39 is 0 Å². The summed E-state index contributed by atoms with van der Waals surface area (Å²) < 4.78 is 5.65. The molecule has 0 bridgehead atoms. The SMILES string of the molecule is Nc1ccccc1CN1CCOc2ccccc21. The Bertz CT molecular complexity index is 554. The summed E-state index contributed by atoms with van der Waals surface area (Å²) in [5, 5.41) is 0. The largest absolute Gasteiger partial charge is 0.490 e. The van der Waals surface area contributed by atoms with E-state index in [0.29, 0.717) is 0 Å². The Hall–Kier alpha value is -2.16. The zero-order chi connectivity index (χ0) is 12.4. The van der Waals surface area contributed by atoms with Gasteiger partial charge in [-0.3, -0.25) is 0 Å². The van der Waals surface area contributed by atoms with Crippen LogP contribution in [0.3, 0.4) is 0 Å². The second-order valence-electron chi connectivity index (χ2n) is 4.44. The molecule has 18 heavy (non-hydrogen) atoms. The topological polar surface area (TPSA) is 38.5 Å². The molecule has 2 aromatic carbocycles. The molecule has 3 heteroatoms. The lowest BCUT2D eigenvalue weighted by Gasteiger charge is -2.31. The number of ether oxygens (including phenoxy) is 1. The van der Waals surface area contributed by atoms with Gasteiger partial charge in [0.1, 0.15) is 12.4 Å². The van der Waals surface area contributed by atoms with E-state index in [4.69, 9.17) is 10.5 Å². The van der Waals surface area contributed by atoms with Gasteiger partial charge in [-0.15, -0.1) is 0 Å². The van der Waals surface area contributed by atoms with Crippen LogP contribution in [0.5, 0.6) is 5.75 Å². The monoisotopic (exact) mass is 240 g/mol. The fraction of sp³-hybridized carbons (Fsp3) is 0.200.